The molecule has 0 aromatic heterocycles. The zero-order valence-electron chi connectivity index (χ0n) is 11.4. The molecule has 1 N–H and O–H groups in total. The van der Waals surface area contributed by atoms with Gasteiger partial charge in [0, 0.05) is 51.2 Å². The molecule has 4 nitrogen and oxygen atoms in total. The molecule has 1 amide bonds. The van der Waals surface area contributed by atoms with Gasteiger partial charge in [0.05, 0.1) is 0 Å². The summed E-state index contributed by atoms with van der Waals surface area (Å²) in [5.41, 5.74) is 0. The number of hydrogen-bond donors (Lipinski definition) is 1. The normalized spacial score (nSPS) is 34.6. The molecule has 1 saturated carbocycles. The minimum absolute atomic E-state index is 0.321. The van der Waals surface area contributed by atoms with Gasteiger partial charge in [-0.1, -0.05) is 13.3 Å². The smallest absolute Gasteiger partial charge is 0.226 e. The molecule has 0 radical (unpaired) electrons. The summed E-state index contributed by atoms with van der Waals surface area (Å²) in [6.45, 7) is 8.53. The summed E-state index contributed by atoms with van der Waals surface area (Å²) >= 11 is 0. The van der Waals surface area contributed by atoms with Gasteiger partial charge in [0.1, 0.15) is 0 Å². The highest BCUT2D eigenvalue weighted by Gasteiger charge is 2.35. The third-order valence-electron chi connectivity index (χ3n) is 5.08. The molecule has 2 heterocycles. The van der Waals surface area contributed by atoms with Crippen LogP contribution in [-0.2, 0) is 4.79 Å². The summed E-state index contributed by atoms with van der Waals surface area (Å²) in [5, 5.41) is 3.32. The minimum atomic E-state index is 0.321. The Hall–Kier alpha value is -0.610. The van der Waals surface area contributed by atoms with E-state index in [4.69, 9.17) is 0 Å². The van der Waals surface area contributed by atoms with E-state index < -0.39 is 0 Å². The van der Waals surface area contributed by atoms with E-state index in [1.165, 1.54) is 12.8 Å². The van der Waals surface area contributed by atoms with E-state index in [9.17, 15) is 4.79 Å². The van der Waals surface area contributed by atoms with E-state index in [1.54, 1.807) is 0 Å². The van der Waals surface area contributed by atoms with E-state index in [2.05, 4.69) is 22.0 Å². The van der Waals surface area contributed by atoms with Crippen LogP contribution >= 0.6 is 0 Å². The summed E-state index contributed by atoms with van der Waals surface area (Å²) in [5.74, 6) is 1.36. The van der Waals surface area contributed by atoms with Crippen molar-refractivity contribution in [3.63, 3.8) is 0 Å². The summed E-state index contributed by atoms with van der Waals surface area (Å²) in [7, 11) is 0. The van der Waals surface area contributed by atoms with Crippen molar-refractivity contribution < 1.29 is 4.79 Å². The van der Waals surface area contributed by atoms with E-state index in [0.29, 0.717) is 17.7 Å². The standard InChI is InChI=1S/C14H25N3O/c1-11-3-2-4-13(11)14(18)17-7-5-16(6-8-17)12-9-15-10-12/h11-13,15H,2-10H2,1H3. The molecule has 18 heavy (non-hydrogen) atoms. The Morgan fingerprint density at radius 3 is 2.33 bits per heavy atom. The van der Waals surface area contributed by atoms with Crippen LogP contribution < -0.4 is 5.32 Å². The fraction of sp³-hybridized carbons (Fsp3) is 0.929. The third-order valence-corrected chi connectivity index (χ3v) is 5.08. The molecule has 0 bridgehead atoms. The van der Waals surface area contributed by atoms with E-state index in [-0.39, 0.29) is 0 Å². The molecule has 2 aliphatic heterocycles. The van der Waals surface area contributed by atoms with Crippen molar-refractivity contribution in [3.05, 3.63) is 0 Å². The molecule has 1 aliphatic carbocycles. The zero-order chi connectivity index (χ0) is 12.5. The first kappa shape index (κ1) is 12.4. The number of nitrogens with zero attached hydrogens (tertiary/aromatic N) is 2. The molecular formula is C14H25N3O. The Balaban J connectivity index is 1.50. The molecule has 3 fully saturated rings. The third kappa shape index (κ3) is 2.28. The van der Waals surface area contributed by atoms with Gasteiger partial charge in [-0.25, -0.2) is 0 Å². The van der Waals surface area contributed by atoms with Crippen LogP contribution in [0.15, 0.2) is 0 Å². The van der Waals surface area contributed by atoms with Crippen LogP contribution in [0.2, 0.25) is 0 Å². The van der Waals surface area contributed by atoms with Gasteiger partial charge in [-0.2, -0.15) is 0 Å². The van der Waals surface area contributed by atoms with Crippen molar-refractivity contribution in [2.24, 2.45) is 11.8 Å². The largest absolute Gasteiger partial charge is 0.340 e. The number of rotatable bonds is 2. The van der Waals surface area contributed by atoms with Crippen LogP contribution in [-0.4, -0.2) is 61.0 Å². The lowest BCUT2D eigenvalue weighted by molar-refractivity contribution is -0.138. The van der Waals surface area contributed by atoms with Crippen molar-refractivity contribution in [2.75, 3.05) is 39.3 Å². The molecule has 4 heteroatoms. The SMILES string of the molecule is CC1CCCC1C(=O)N1CCN(C2CNC2)CC1. The lowest BCUT2D eigenvalue weighted by Gasteiger charge is -2.43. The number of carbonyl (C=O) groups excluding carboxylic acids is 1. The fourth-order valence-electron chi connectivity index (χ4n) is 3.59. The Bertz CT molecular complexity index is 308. The van der Waals surface area contributed by atoms with Gasteiger partial charge in [-0.15, -0.1) is 0 Å². The molecule has 3 rings (SSSR count). The van der Waals surface area contributed by atoms with Gasteiger partial charge in [0.25, 0.3) is 0 Å². The average molecular weight is 251 g/mol. The first-order valence-corrected chi connectivity index (χ1v) is 7.49. The predicted octanol–water partition coefficient (Wildman–Crippen LogP) is 0.539. The zero-order valence-corrected chi connectivity index (χ0v) is 11.4. The number of nitrogens with one attached hydrogen (secondary N) is 1. The molecule has 2 unspecified atom stereocenters. The molecular weight excluding hydrogens is 226 g/mol. The maximum Gasteiger partial charge on any atom is 0.226 e. The monoisotopic (exact) mass is 251 g/mol. The Morgan fingerprint density at radius 2 is 1.83 bits per heavy atom. The fourth-order valence-corrected chi connectivity index (χ4v) is 3.59. The maximum atomic E-state index is 12.5. The van der Waals surface area contributed by atoms with E-state index >= 15 is 0 Å². The molecule has 3 aliphatic rings. The summed E-state index contributed by atoms with van der Waals surface area (Å²) in [6, 6.07) is 0.729. The van der Waals surface area contributed by atoms with Crippen molar-refractivity contribution in [3.8, 4) is 0 Å². The molecule has 102 valence electrons. The van der Waals surface area contributed by atoms with E-state index in [1.807, 2.05) is 0 Å². The van der Waals surface area contributed by atoms with Crippen LogP contribution in [0.1, 0.15) is 26.2 Å². The van der Waals surface area contributed by atoms with Crippen LogP contribution in [0.4, 0.5) is 0 Å². The summed E-state index contributed by atoms with van der Waals surface area (Å²) in [4.78, 5) is 17.1. The topological polar surface area (TPSA) is 35.6 Å². The van der Waals surface area contributed by atoms with Crippen LogP contribution in [0.25, 0.3) is 0 Å². The molecule has 2 atom stereocenters. The van der Waals surface area contributed by atoms with Crippen molar-refractivity contribution in [2.45, 2.75) is 32.2 Å². The second-order valence-electron chi connectivity index (χ2n) is 6.19. The summed E-state index contributed by atoms with van der Waals surface area (Å²) in [6.07, 6.45) is 3.60. The number of carbonyl (C=O) groups is 1. The molecule has 0 spiro atoms. The highest BCUT2D eigenvalue weighted by molar-refractivity contribution is 5.79. The average Bonchev–Trinajstić information content (AvgIpc) is 2.73. The highest BCUT2D eigenvalue weighted by atomic mass is 16.2. The quantitative estimate of drug-likeness (QED) is 0.778. The second kappa shape index (κ2) is 5.17. The Labute approximate surface area is 110 Å². The number of amides is 1. The minimum Gasteiger partial charge on any atom is -0.340 e. The van der Waals surface area contributed by atoms with Crippen LogP contribution in [0.3, 0.4) is 0 Å². The van der Waals surface area contributed by atoms with Gasteiger partial charge in [-0.05, 0) is 18.8 Å². The lowest BCUT2D eigenvalue weighted by atomic mass is 9.96. The molecule has 0 aromatic carbocycles. The molecule has 2 saturated heterocycles. The predicted molar refractivity (Wildman–Crippen MR) is 71.3 cm³/mol. The summed E-state index contributed by atoms with van der Waals surface area (Å²) < 4.78 is 0. The second-order valence-corrected chi connectivity index (χ2v) is 6.19. The van der Waals surface area contributed by atoms with Gasteiger partial charge in [0.2, 0.25) is 5.91 Å². The van der Waals surface area contributed by atoms with Crippen LogP contribution in [0, 0.1) is 11.8 Å². The molecule has 0 aromatic rings. The highest BCUT2D eigenvalue weighted by Crippen LogP contribution is 2.32. The maximum absolute atomic E-state index is 12.5. The van der Waals surface area contributed by atoms with Gasteiger partial charge >= 0.3 is 0 Å². The van der Waals surface area contributed by atoms with Crippen molar-refractivity contribution in [1.82, 2.24) is 15.1 Å². The van der Waals surface area contributed by atoms with Crippen molar-refractivity contribution in [1.29, 1.82) is 0 Å². The number of hydrogen-bond acceptors (Lipinski definition) is 3. The Morgan fingerprint density at radius 1 is 1.11 bits per heavy atom. The number of piperazine rings is 1. The van der Waals surface area contributed by atoms with Gasteiger partial charge in [0.15, 0.2) is 0 Å². The first-order chi connectivity index (χ1) is 8.75. The first-order valence-electron chi connectivity index (χ1n) is 7.49. The lowest BCUT2D eigenvalue weighted by Crippen LogP contribution is -2.62. The Kier molecular flexibility index (Phi) is 3.57. The van der Waals surface area contributed by atoms with E-state index in [0.717, 1.165) is 51.7 Å². The van der Waals surface area contributed by atoms with Crippen LogP contribution in [0.5, 0.6) is 0 Å². The van der Waals surface area contributed by atoms with Crippen molar-refractivity contribution >= 4 is 5.91 Å². The van der Waals surface area contributed by atoms with Gasteiger partial charge < -0.3 is 10.2 Å². The van der Waals surface area contributed by atoms with Gasteiger partial charge in [-0.3, -0.25) is 9.69 Å².